The van der Waals surface area contributed by atoms with Crippen molar-refractivity contribution < 1.29 is 24.3 Å². The molecule has 10 nitrogen and oxygen atoms in total. The number of nitrogens with zero attached hydrogens (tertiary/aromatic N) is 1. The fourth-order valence-corrected chi connectivity index (χ4v) is 4.24. The molecule has 1 aromatic carbocycles. The highest BCUT2D eigenvalue weighted by Crippen LogP contribution is 2.20. The first-order valence-electron chi connectivity index (χ1n) is 12.3. The van der Waals surface area contributed by atoms with E-state index in [0.29, 0.717) is 32.4 Å². The van der Waals surface area contributed by atoms with Crippen molar-refractivity contribution in [1.29, 1.82) is 0 Å². The summed E-state index contributed by atoms with van der Waals surface area (Å²) in [5.41, 5.74) is 12.4. The van der Waals surface area contributed by atoms with Gasteiger partial charge in [0, 0.05) is 13.0 Å². The van der Waals surface area contributed by atoms with Crippen molar-refractivity contribution in [2.45, 2.75) is 76.5 Å². The number of amides is 3. The molecule has 1 heterocycles. The highest BCUT2D eigenvalue weighted by Gasteiger charge is 2.38. The van der Waals surface area contributed by atoms with Crippen LogP contribution in [0.5, 0.6) is 0 Å². The molecule has 1 fully saturated rings. The van der Waals surface area contributed by atoms with Gasteiger partial charge in [0.1, 0.15) is 18.1 Å². The number of carboxylic acid groups (broad SMARTS) is 1. The summed E-state index contributed by atoms with van der Waals surface area (Å²) >= 11 is 0. The van der Waals surface area contributed by atoms with Crippen molar-refractivity contribution in [2.75, 3.05) is 13.1 Å². The van der Waals surface area contributed by atoms with Crippen molar-refractivity contribution >= 4 is 23.7 Å². The summed E-state index contributed by atoms with van der Waals surface area (Å²) in [4.78, 5) is 52.3. The zero-order valence-corrected chi connectivity index (χ0v) is 20.6. The topological polar surface area (TPSA) is 168 Å². The standard InChI is InChI=1S/C25H39N5O5/c1-16(2)21(25(34)35)29-22(31)19(15-17-9-4-3-5-10-17)28-23(32)20-12-8-14-30(20)24(33)18(27)11-6-7-13-26/h3-5,9-10,16,18-21H,6-8,11-15,26-27H2,1-2H3,(H,28,32)(H,29,31)(H,34,35). The number of rotatable bonds is 13. The van der Waals surface area contributed by atoms with Crippen molar-refractivity contribution in [1.82, 2.24) is 15.5 Å². The molecule has 4 atom stereocenters. The number of carboxylic acids is 1. The van der Waals surface area contributed by atoms with Crippen LogP contribution < -0.4 is 22.1 Å². The van der Waals surface area contributed by atoms with Crippen LogP contribution in [0, 0.1) is 5.92 Å². The third-order valence-electron chi connectivity index (χ3n) is 6.27. The zero-order chi connectivity index (χ0) is 26.0. The average molecular weight is 490 g/mol. The van der Waals surface area contributed by atoms with Gasteiger partial charge >= 0.3 is 5.97 Å². The van der Waals surface area contributed by atoms with E-state index in [1.807, 2.05) is 30.3 Å². The van der Waals surface area contributed by atoms with Crippen LogP contribution >= 0.6 is 0 Å². The van der Waals surface area contributed by atoms with Gasteiger partial charge in [-0.05, 0) is 43.7 Å². The molecule has 0 aliphatic carbocycles. The molecule has 1 aliphatic rings. The Labute approximate surface area is 206 Å². The quantitative estimate of drug-likeness (QED) is 0.250. The highest BCUT2D eigenvalue weighted by molar-refractivity contribution is 5.94. The van der Waals surface area contributed by atoms with Gasteiger partial charge in [0.25, 0.3) is 0 Å². The van der Waals surface area contributed by atoms with Crippen LogP contribution in [-0.2, 0) is 25.6 Å². The van der Waals surface area contributed by atoms with E-state index in [1.54, 1.807) is 13.8 Å². The number of hydrogen-bond donors (Lipinski definition) is 5. The van der Waals surface area contributed by atoms with Crippen LogP contribution in [-0.4, -0.2) is 71.0 Å². The maximum atomic E-state index is 13.2. The van der Waals surface area contributed by atoms with E-state index in [9.17, 15) is 24.3 Å². The van der Waals surface area contributed by atoms with E-state index in [1.165, 1.54) is 4.90 Å². The number of likely N-dealkylation sites (tertiary alicyclic amines) is 1. The SMILES string of the molecule is CC(C)C(NC(=O)C(Cc1ccccc1)NC(=O)C1CCCN1C(=O)C(N)CCCCN)C(=O)O. The van der Waals surface area contributed by atoms with Crippen LogP contribution in [0.3, 0.4) is 0 Å². The van der Waals surface area contributed by atoms with Crippen LogP contribution in [0.1, 0.15) is 51.5 Å². The molecule has 194 valence electrons. The summed E-state index contributed by atoms with van der Waals surface area (Å²) in [6.45, 7) is 4.34. The summed E-state index contributed by atoms with van der Waals surface area (Å²) in [5.74, 6) is -2.80. The molecule has 0 bridgehead atoms. The molecule has 3 amide bonds. The number of carbonyl (C=O) groups excluding carboxylic acids is 3. The molecule has 0 saturated carbocycles. The van der Waals surface area contributed by atoms with E-state index in [4.69, 9.17) is 11.5 Å². The van der Waals surface area contributed by atoms with Crippen LogP contribution in [0.25, 0.3) is 0 Å². The minimum absolute atomic E-state index is 0.183. The summed E-state index contributed by atoms with van der Waals surface area (Å²) in [5, 5.41) is 14.8. The predicted molar refractivity (Wildman–Crippen MR) is 132 cm³/mol. The van der Waals surface area contributed by atoms with Crippen LogP contribution in [0.15, 0.2) is 30.3 Å². The number of benzene rings is 1. The Kier molecular flexibility index (Phi) is 11.1. The van der Waals surface area contributed by atoms with Gasteiger partial charge in [0.15, 0.2) is 0 Å². The molecule has 10 heteroatoms. The Bertz CT molecular complexity index is 863. The number of carbonyl (C=O) groups is 4. The molecule has 7 N–H and O–H groups in total. The van der Waals surface area contributed by atoms with Crippen molar-refractivity contribution in [3.63, 3.8) is 0 Å². The zero-order valence-electron chi connectivity index (χ0n) is 20.6. The maximum absolute atomic E-state index is 13.2. The molecule has 35 heavy (non-hydrogen) atoms. The molecular weight excluding hydrogens is 450 g/mol. The van der Waals surface area contributed by atoms with Crippen LogP contribution in [0.2, 0.25) is 0 Å². The van der Waals surface area contributed by atoms with Gasteiger partial charge in [-0.1, -0.05) is 50.6 Å². The molecule has 1 aliphatic heterocycles. The van der Waals surface area contributed by atoms with E-state index in [0.717, 1.165) is 18.4 Å². The molecular formula is C25H39N5O5. The lowest BCUT2D eigenvalue weighted by Crippen LogP contribution is -2.57. The van der Waals surface area contributed by atoms with Gasteiger partial charge in [-0.3, -0.25) is 14.4 Å². The number of nitrogens with two attached hydrogens (primary N) is 2. The third-order valence-corrected chi connectivity index (χ3v) is 6.27. The van der Waals surface area contributed by atoms with E-state index in [2.05, 4.69) is 10.6 Å². The van der Waals surface area contributed by atoms with Gasteiger partial charge in [-0.2, -0.15) is 0 Å². The highest BCUT2D eigenvalue weighted by atomic mass is 16.4. The Balaban J connectivity index is 2.15. The minimum Gasteiger partial charge on any atom is -0.480 e. The number of nitrogens with one attached hydrogen (secondary N) is 2. The number of hydrogen-bond acceptors (Lipinski definition) is 6. The maximum Gasteiger partial charge on any atom is 0.326 e. The van der Waals surface area contributed by atoms with E-state index >= 15 is 0 Å². The largest absolute Gasteiger partial charge is 0.480 e. The molecule has 4 unspecified atom stereocenters. The monoisotopic (exact) mass is 489 g/mol. The minimum atomic E-state index is -1.14. The Morgan fingerprint density at radius 2 is 1.80 bits per heavy atom. The molecule has 0 radical (unpaired) electrons. The lowest BCUT2D eigenvalue weighted by molar-refractivity contribution is -0.144. The van der Waals surface area contributed by atoms with Gasteiger partial charge in [-0.25, -0.2) is 4.79 Å². The van der Waals surface area contributed by atoms with Gasteiger partial charge in [-0.15, -0.1) is 0 Å². The van der Waals surface area contributed by atoms with Gasteiger partial charge in [0.2, 0.25) is 17.7 Å². The third kappa shape index (κ3) is 8.32. The Hall–Kier alpha value is -2.98. The summed E-state index contributed by atoms with van der Waals surface area (Å²) in [7, 11) is 0. The van der Waals surface area contributed by atoms with E-state index in [-0.39, 0.29) is 18.2 Å². The molecule has 1 saturated heterocycles. The van der Waals surface area contributed by atoms with Crippen molar-refractivity contribution in [3.05, 3.63) is 35.9 Å². The molecule has 0 aromatic heterocycles. The number of aliphatic carboxylic acids is 1. The predicted octanol–water partition coefficient (Wildman–Crippen LogP) is 0.387. The summed E-state index contributed by atoms with van der Waals surface area (Å²) in [6.07, 6.45) is 3.30. The first-order chi connectivity index (χ1) is 16.6. The first-order valence-corrected chi connectivity index (χ1v) is 12.3. The van der Waals surface area contributed by atoms with Gasteiger partial charge in [0.05, 0.1) is 6.04 Å². The second kappa shape index (κ2) is 13.8. The smallest absolute Gasteiger partial charge is 0.326 e. The molecule has 0 spiro atoms. The Morgan fingerprint density at radius 3 is 2.40 bits per heavy atom. The van der Waals surface area contributed by atoms with E-state index < -0.39 is 42.0 Å². The lowest BCUT2D eigenvalue weighted by Gasteiger charge is -2.29. The normalized spacial score (nSPS) is 18.1. The second-order valence-electron chi connectivity index (χ2n) is 9.40. The second-order valence-corrected chi connectivity index (χ2v) is 9.40. The summed E-state index contributed by atoms with van der Waals surface area (Å²) in [6, 6.07) is 5.62. The average Bonchev–Trinajstić information content (AvgIpc) is 3.31. The van der Waals surface area contributed by atoms with Crippen LogP contribution in [0.4, 0.5) is 0 Å². The van der Waals surface area contributed by atoms with Crippen molar-refractivity contribution in [3.8, 4) is 0 Å². The summed E-state index contributed by atoms with van der Waals surface area (Å²) < 4.78 is 0. The molecule has 2 rings (SSSR count). The fraction of sp³-hybridized carbons (Fsp3) is 0.600. The number of unbranched alkanes of at least 4 members (excludes halogenated alkanes) is 1. The van der Waals surface area contributed by atoms with Crippen molar-refractivity contribution in [2.24, 2.45) is 17.4 Å². The Morgan fingerprint density at radius 1 is 1.11 bits per heavy atom. The van der Waals surface area contributed by atoms with Gasteiger partial charge < -0.3 is 32.1 Å². The molecule has 1 aromatic rings. The fourth-order valence-electron chi connectivity index (χ4n) is 4.24. The lowest BCUT2D eigenvalue weighted by atomic mass is 10.0. The first kappa shape index (κ1) is 28.3.